The van der Waals surface area contributed by atoms with E-state index >= 15 is 0 Å². The maximum atomic E-state index is 9.86. The van der Waals surface area contributed by atoms with Gasteiger partial charge in [0.1, 0.15) is 5.97 Å². The zero-order chi connectivity index (χ0) is 11.1. The Bertz CT molecular complexity index is 401. The Morgan fingerprint density at radius 1 is 1.50 bits per heavy atom. The van der Waals surface area contributed by atoms with Gasteiger partial charge in [0.2, 0.25) is 0 Å². The molecule has 1 aromatic heterocycles. The fourth-order valence-electron chi connectivity index (χ4n) is 0.860. The molecule has 0 spiro atoms. The average Bonchev–Trinajstić information content (AvgIpc) is 2.72. The summed E-state index contributed by atoms with van der Waals surface area (Å²) in [5, 5.41) is 9.86. The summed E-state index contributed by atoms with van der Waals surface area (Å²) in [5.74, 6) is -1.42. The number of aromatic carboxylic acids is 1. The number of nitrogens with zero attached hydrogens (tertiary/aromatic N) is 1. The molecule has 0 bridgehead atoms. The molecule has 2 aromatic rings. The number of imidazole rings is 1. The number of benzene rings is 1. The second-order valence-corrected chi connectivity index (χ2v) is 2.77. The largest absolute Gasteiger partial charge is 2.00 e. The normalized spacial score (nSPS) is 8.31. The van der Waals surface area contributed by atoms with Crippen molar-refractivity contribution >= 4 is 5.97 Å². The molecule has 0 amide bonds. The van der Waals surface area contributed by atoms with Crippen molar-refractivity contribution in [1.29, 1.82) is 0 Å². The SMILES string of the molecule is Cc1[c-]cccc1.O=C([O-])c1ncc[nH]1.[Zn+2]. The van der Waals surface area contributed by atoms with Gasteiger partial charge in [-0.3, -0.25) is 0 Å². The minimum Gasteiger partial charge on any atom is -0.542 e. The third-order valence-electron chi connectivity index (χ3n) is 1.56. The van der Waals surface area contributed by atoms with Crippen molar-refractivity contribution in [3.8, 4) is 0 Å². The first-order valence-corrected chi connectivity index (χ1v) is 4.34. The van der Waals surface area contributed by atoms with E-state index in [4.69, 9.17) is 0 Å². The van der Waals surface area contributed by atoms with Crippen LogP contribution in [0.5, 0.6) is 0 Å². The number of hydrogen-bond acceptors (Lipinski definition) is 3. The summed E-state index contributed by atoms with van der Waals surface area (Å²) in [4.78, 5) is 15.6. The number of carboxylic acid groups (broad SMARTS) is 1. The maximum Gasteiger partial charge on any atom is 2.00 e. The van der Waals surface area contributed by atoms with Crippen LogP contribution in [0.4, 0.5) is 0 Å². The Kier molecular flexibility index (Phi) is 7.05. The van der Waals surface area contributed by atoms with E-state index in [1.807, 2.05) is 31.2 Å². The summed E-state index contributed by atoms with van der Waals surface area (Å²) in [6.45, 7) is 2.03. The Morgan fingerprint density at radius 2 is 2.25 bits per heavy atom. The van der Waals surface area contributed by atoms with Gasteiger partial charge in [0, 0.05) is 12.4 Å². The van der Waals surface area contributed by atoms with E-state index in [0.717, 1.165) is 0 Å². The predicted octanol–water partition coefficient (Wildman–Crippen LogP) is 0.566. The Balaban J connectivity index is 0.000000267. The van der Waals surface area contributed by atoms with Crippen molar-refractivity contribution in [3.63, 3.8) is 0 Å². The van der Waals surface area contributed by atoms with Crippen molar-refractivity contribution in [2.45, 2.75) is 6.92 Å². The van der Waals surface area contributed by atoms with Gasteiger partial charge >= 0.3 is 19.5 Å². The summed E-state index contributed by atoms with van der Waals surface area (Å²) in [7, 11) is 0. The van der Waals surface area contributed by atoms with Crippen LogP contribution in [0.2, 0.25) is 0 Å². The summed E-state index contributed by atoms with van der Waals surface area (Å²) in [6, 6.07) is 10.9. The minimum absolute atomic E-state index is 0. The van der Waals surface area contributed by atoms with Crippen LogP contribution in [0, 0.1) is 13.0 Å². The van der Waals surface area contributed by atoms with Crippen LogP contribution in [-0.4, -0.2) is 15.9 Å². The van der Waals surface area contributed by atoms with Gasteiger partial charge < -0.3 is 14.9 Å². The third kappa shape index (κ3) is 5.42. The van der Waals surface area contributed by atoms with E-state index in [0.29, 0.717) is 0 Å². The van der Waals surface area contributed by atoms with Gasteiger partial charge in [0.05, 0.1) is 0 Å². The van der Waals surface area contributed by atoms with Crippen LogP contribution in [0.25, 0.3) is 0 Å². The summed E-state index contributed by atoms with van der Waals surface area (Å²) in [6.07, 6.45) is 2.77. The number of aromatic nitrogens is 2. The molecule has 0 atom stereocenters. The quantitative estimate of drug-likeness (QED) is 0.606. The number of aryl methyl sites for hydroxylation is 1. The molecule has 78 valence electrons. The fraction of sp³-hybridized carbons (Fsp3) is 0.0909. The molecule has 1 heterocycles. The maximum absolute atomic E-state index is 9.86. The van der Waals surface area contributed by atoms with Crippen molar-refractivity contribution in [1.82, 2.24) is 9.97 Å². The predicted molar refractivity (Wildman–Crippen MR) is 52.9 cm³/mol. The molecule has 4 nitrogen and oxygen atoms in total. The zero-order valence-corrected chi connectivity index (χ0v) is 11.9. The molecule has 0 saturated carbocycles. The molecule has 2 rings (SSSR count). The van der Waals surface area contributed by atoms with Gasteiger partial charge in [0.15, 0.2) is 5.82 Å². The van der Waals surface area contributed by atoms with Crippen LogP contribution < -0.4 is 5.11 Å². The smallest absolute Gasteiger partial charge is 0.542 e. The number of rotatable bonds is 1. The van der Waals surface area contributed by atoms with Crippen molar-refractivity contribution in [3.05, 3.63) is 54.1 Å². The molecule has 0 aliphatic rings. The molecule has 16 heavy (non-hydrogen) atoms. The first-order valence-electron chi connectivity index (χ1n) is 4.34. The van der Waals surface area contributed by atoms with E-state index in [1.54, 1.807) is 0 Å². The molecule has 5 heteroatoms. The number of hydrogen-bond donors (Lipinski definition) is 1. The van der Waals surface area contributed by atoms with Crippen molar-refractivity contribution in [2.75, 3.05) is 0 Å². The molecule has 0 aliphatic heterocycles. The zero-order valence-electron chi connectivity index (χ0n) is 8.93. The van der Waals surface area contributed by atoms with E-state index in [-0.39, 0.29) is 25.3 Å². The molecular weight excluding hydrogens is 258 g/mol. The number of carbonyl (C=O) groups is 1. The number of aromatic amines is 1. The van der Waals surface area contributed by atoms with E-state index in [1.165, 1.54) is 18.0 Å². The second kappa shape index (κ2) is 7.77. The Morgan fingerprint density at radius 3 is 2.50 bits per heavy atom. The molecule has 0 fully saturated rings. The van der Waals surface area contributed by atoms with E-state index < -0.39 is 5.97 Å². The summed E-state index contributed by atoms with van der Waals surface area (Å²) < 4.78 is 0. The second-order valence-electron chi connectivity index (χ2n) is 2.77. The van der Waals surface area contributed by atoms with Gasteiger partial charge in [-0.1, -0.05) is 6.92 Å². The topological polar surface area (TPSA) is 68.8 Å². The first-order chi connectivity index (χ1) is 7.20. The average molecular weight is 268 g/mol. The van der Waals surface area contributed by atoms with E-state index in [2.05, 4.69) is 16.0 Å². The Hall–Kier alpha value is -1.48. The van der Waals surface area contributed by atoms with Gasteiger partial charge in [-0.2, -0.15) is 35.9 Å². The molecule has 0 unspecified atom stereocenters. The number of carboxylic acids is 1. The van der Waals surface area contributed by atoms with Crippen molar-refractivity contribution < 1.29 is 29.4 Å². The van der Waals surface area contributed by atoms with Gasteiger partial charge in [-0.05, 0) is 0 Å². The fourth-order valence-corrected chi connectivity index (χ4v) is 0.860. The molecule has 0 aliphatic carbocycles. The number of carbonyl (C=O) groups excluding carboxylic acids is 1. The number of H-pyrrole nitrogens is 1. The van der Waals surface area contributed by atoms with Crippen molar-refractivity contribution in [2.24, 2.45) is 0 Å². The molecular formula is C11H10N2O2Zn. The molecule has 0 radical (unpaired) electrons. The van der Waals surface area contributed by atoms with Crippen LogP contribution in [-0.2, 0) is 19.5 Å². The monoisotopic (exact) mass is 266 g/mol. The van der Waals surface area contributed by atoms with Crippen LogP contribution in [0.15, 0.2) is 36.7 Å². The van der Waals surface area contributed by atoms with Gasteiger partial charge in [-0.15, -0.1) is 0 Å². The molecule has 0 saturated heterocycles. The van der Waals surface area contributed by atoms with Gasteiger partial charge in [-0.25, -0.2) is 4.98 Å². The van der Waals surface area contributed by atoms with E-state index in [9.17, 15) is 9.90 Å². The Labute approximate surface area is 106 Å². The van der Waals surface area contributed by atoms with Crippen LogP contribution >= 0.6 is 0 Å². The molecule has 1 N–H and O–H groups in total. The third-order valence-corrected chi connectivity index (χ3v) is 1.56. The molecule has 1 aromatic carbocycles. The summed E-state index contributed by atoms with van der Waals surface area (Å²) >= 11 is 0. The number of nitrogens with one attached hydrogen (secondary N) is 1. The van der Waals surface area contributed by atoms with Gasteiger partial charge in [0.25, 0.3) is 0 Å². The standard InChI is InChI=1S/C7H7.C4H4N2O2.Zn/c1-7-5-3-2-4-6-7;7-4(8)3-5-1-2-6-3;/h2-5H,1H3;1-2H,(H,5,6)(H,7,8);/q-1;;+2/p-1. The van der Waals surface area contributed by atoms with Crippen LogP contribution in [0.1, 0.15) is 16.2 Å². The summed E-state index contributed by atoms with van der Waals surface area (Å²) in [5.41, 5.74) is 1.20. The first kappa shape index (κ1) is 14.5. The minimum atomic E-state index is -1.28. The van der Waals surface area contributed by atoms with Crippen LogP contribution in [0.3, 0.4) is 0 Å².